The maximum atomic E-state index is 12.9. The molecule has 0 atom stereocenters. The summed E-state index contributed by atoms with van der Waals surface area (Å²) in [4.78, 5) is 19.4. The Balaban J connectivity index is 1.58. The minimum atomic E-state index is 0.137. The van der Waals surface area contributed by atoms with E-state index < -0.39 is 0 Å². The van der Waals surface area contributed by atoms with Gasteiger partial charge in [-0.15, -0.1) is 0 Å². The second kappa shape index (κ2) is 8.91. The van der Waals surface area contributed by atoms with Crippen molar-refractivity contribution in [1.82, 2.24) is 4.90 Å². The normalized spacial score (nSPS) is 15.0. The van der Waals surface area contributed by atoms with Gasteiger partial charge in [-0.05, 0) is 38.1 Å². The fraction of sp³-hybridized carbons (Fsp3) is 0.409. The Morgan fingerprint density at radius 3 is 2.37 bits per heavy atom. The van der Waals surface area contributed by atoms with E-state index in [1.54, 1.807) is 7.11 Å². The predicted molar refractivity (Wildman–Crippen MR) is 111 cm³/mol. The minimum absolute atomic E-state index is 0.137. The molecule has 0 bridgehead atoms. The van der Waals surface area contributed by atoms with E-state index in [0.29, 0.717) is 6.54 Å². The molecule has 0 spiro atoms. The summed E-state index contributed by atoms with van der Waals surface area (Å²) >= 11 is 0. The molecular weight excluding hydrogens is 338 g/mol. The fourth-order valence-corrected chi connectivity index (χ4v) is 3.56. The van der Waals surface area contributed by atoms with Crippen LogP contribution in [0.3, 0.4) is 0 Å². The van der Waals surface area contributed by atoms with Gasteiger partial charge in [0, 0.05) is 49.7 Å². The molecule has 0 N–H and O–H groups in total. The monoisotopic (exact) mass is 367 g/mol. The van der Waals surface area contributed by atoms with E-state index in [2.05, 4.69) is 35.8 Å². The number of nitrogens with zero attached hydrogens (tertiary/aromatic N) is 3. The Labute approximate surface area is 162 Å². The number of benzene rings is 2. The summed E-state index contributed by atoms with van der Waals surface area (Å²) in [5.41, 5.74) is 2.14. The highest BCUT2D eigenvalue weighted by Crippen LogP contribution is 2.22. The lowest BCUT2D eigenvalue weighted by molar-refractivity contribution is -0.120. The molecule has 0 saturated carbocycles. The highest BCUT2D eigenvalue weighted by atomic mass is 16.5. The number of hydrogen-bond donors (Lipinski definition) is 0. The molecule has 1 amide bonds. The van der Waals surface area contributed by atoms with E-state index >= 15 is 0 Å². The van der Waals surface area contributed by atoms with E-state index in [0.717, 1.165) is 37.6 Å². The molecule has 2 aromatic carbocycles. The third-order valence-electron chi connectivity index (χ3n) is 4.97. The molecule has 1 saturated heterocycles. The molecule has 144 valence electrons. The van der Waals surface area contributed by atoms with Crippen molar-refractivity contribution in [2.45, 2.75) is 19.9 Å². The number of para-hydroxylation sites is 1. The zero-order valence-corrected chi connectivity index (χ0v) is 16.5. The van der Waals surface area contributed by atoms with Crippen molar-refractivity contribution in [3.63, 3.8) is 0 Å². The van der Waals surface area contributed by atoms with E-state index in [-0.39, 0.29) is 11.9 Å². The predicted octanol–water partition coefficient (Wildman–Crippen LogP) is 3.26. The minimum Gasteiger partial charge on any atom is -0.497 e. The number of piperazine rings is 1. The maximum Gasteiger partial charge on any atom is 0.241 e. The summed E-state index contributed by atoms with van der Waals surface area (Å²) in [6.07, 6.45) is 0. The van der Waals surface area contributed by atoms with Crippen LogP contribution in [0.2, 0.25) is 0 Å². The number of rotatable bonds is 6. The summed E-state index contributed by atoms with van der Waals surface area (Å²) in [6, 6.07) is 18.2. The molecule has 1 fully saturated rings. The molecule has 5 heteroatoms. The molecule has 1 aliphatic heterocycles. The summed E-state index contributed by atoms with van der Waals surface area (Å²) in [6.45, 7) is 8.16. The maximum absolute atomic E-state index is 12.9. The first kappa shape index (κ1) is 19.2. The van der Waals surface area contributed by atoms with Crippen molar-refractivity contribution in [2.24, 2.45) is 0 Å². The van der Waals surface area contributed by atoms with E-state index in [4.69, 9.17) is 4.74 Å². The second-order valence-electron chi connectivity index (χ2n) is 7.16. The van der Waals surface area contributed by atoms with Gasteiger partial charge < -0.3 is 14.5 Å². The number of hydrogen-bond acceptors (Lipinski definition) is 4. The van der Waals surface area contributed by atoms with Crippen LogP contribution < -0.4 is 14.5 Å². The molecule has 1 heterocycles. The van der Waals surface area contributed by atoms with Crippen LogP contribution in [0, 0.1) is 0 Å². The first-order chi connectivity index (χ1) is 13.1. The van der Waals surface area contributed by atoms with Gasteiger partial charge in [0.2, 0.25) is 5.91 Å². The largest absolute Gasteiger partial charge is 0.497 e. The first-order valence-corrected chi connectivity index (χ1v) is 9.57. The van der Waals surface area contributed by atoms with Crippen LogP contribution in [0.15, 0.2) is 54.6 Å². The molecule has 0 aliphatic carbocycles. The van der Waals surface area contributed by atoms with Crippen molar-refractivity contribution in [2.75, 3.05) is 49.6 Å². The zero-order valence-electron chi connectivity index (χ0n) is 16.5. The first-order valence-electron chi connectivity index (χ1n) is 9.57. The zero-order chi connectivity index (χ0) is 19.2. The quantitative estimate of drug-likeness (QED) is 0.785. The van der Waals surface area contributed by atoms with Gasteiger partial charge in [-0.25, -0.2) is 0 Å². The molecule has 5 nitrogen and oxygen atoms in total. The molecular formula is C22H29N3O2. The highest BCUT2D eigenvalue weighted by molar-refractivity contribution is 5.95. The molecule has 2 aromatic rings. The van der Waals surface area contributed by atoms with Crippen molar-refractivity contribution in [3.05, 3.63) is 54.6 Å². The molecule has 27 heavy (non-hydrogen) atoms. The molecule has 0 radical (unpaired) electrons. The lowest BCUT2D eigenvalue weighted by Gasteiger charge is -2.37. The van der Waals surface area contributed by atoms with Gasteiger partial charge in [0.15, 0.2) is 0 Å². The third kappa shape index (κ3) is 4.80. The van der Waals surface area contributed by atoms with Crippen molar-refractivity contribution < 1.29 is 9.53 Å². The Morgan fingerprint density at radius 2 is 1.74 bits per heavy atom. The second-order valence-corrected chi connectivity index (χ2v) is 7.16. The van der Waals surface area contributed by atoms with Crippen LogP contribution in [-0.4, -0.2) is 56.7 Å². The van der Waals surface area contributed by atoms with Gasteiger partial charge in [0.25, 0.3) is 0 Å². The topological polar surface area (TPSA) is 36.0 Å². The van der Waals surface area contributed by atoms with Crippen LogP contribution >= 0.6 is 0 Å². The van der Waals surface area contributed by atoms with E-state index in [1.165, 1.54) is 5.69 Å². The van der Waals surface area contributed by atoms with Gasteiger partial charge in [-0.2, -0.15) is 0 Å². The third-order valence-corrected chi connectivity index (χ3v) is 4.97. The summed E-state index contributed by atoms with van der Waals surface area (Å²) < 4.78 is 5.32. The Kier molecular flexibility index (Phi) is 6.35. The Bertz CT molecular complexity index is 740. The number of carbonyl (C=O) groups is 1. The van der Waals surface area contributed by atoms with E-state index in [9.17, 15) is 4.79 Å². The van der Waals surface area contributed by atoms with Gasteiger partial charge in [-0.3, -0.25) is 9.69 Å². The van der Waals surface area contributed by atoms with Crippen molar-refractivity contribution in [1.29, 1.82) is 0 Å². The average Bonchev–Trinajstić information content (AvgIpc) is 2.69. The van der Waals surface area contributed by atoms with Crippen LogP contribution in [0.4, 0.5) is 11.4 Å². The van der Waals surface area contributed by atoms with Crippen LogP contribution in [0.5, 0.6) is 5.75 Å². The summed E-state index contributed by atoms with van der Waals surface area (Å²) in [5, 5.41) is 0. The molecule has 0 aromatic heterocycles. The Morgan fingerprint density at radius 1 is 1.04 bits per heavy atom. The van der Waals surface area contributed by atoms with Crippen molar-refractivity contribution in [3.8, 4) is 5.75 Å². The number of carbonyl (C=O) groups excluding carboxylic acids is 1. The Hall–Kier alpha value is -2.53. The van der Waals surface area contributed by atoms with Gasteiger partial charge >= 0.3 is 0 Å². The lowest BCUT2D eigenvalue weighted by atomic mass is 10.2. The summed E-state index contributed by atoms with van der Waals surface area (Å²) in [5.74, 6) is 1.03. The number of amides is 1. The molecule has 0 unspecified atom stereocenters. The van der Waals surface area contributed by atoms with Gasteiger partial charge in [0.05, 0.1) is 13.7 Å². The number of ether oxygens (including phenoxy) is 1. The van der Waals surface area contributed by atoms with Gasteiger partial charge in [0.1, 0.15) is 5.75 Å². The SMILES string of the molecule is COc1cccc(N2CCN(CC(=O)N(c3ccccc3)C(C)C)CC2)c1. The average molecular weight is 367 g/mol. The number of anilines is 2. The smallest absolute Gasteiger partial charge is 0.241 e. The molecule has 1 aliphatic rings. The van der Waals surface area contributed by atoms with Gasteiger partial charge in [-0.1, -0.05) is 24.3 Å². The highest BCUT2D eigenvalue weighted by Gasteiger charge is 2.24. The fourth-order valence-electron chi connectivity index (χ4n) is 3.56. The van der Waals surface area contributed by atoms with Crippen LogP contribution in [0.1, 0.15) is 13.8 Å². The standard InChI is InChI=1S/C22H29N3O2/c1-18(2)25(19-8-5-4-6-9-19)22(26)17-23-12-14-24(15-13-23)20-10-7-11-21(16-20)27-3/h4-11,16,18H,12-15,17H2,1-3H3. The van der Waals surface area contributed by atoms with E-state index in [1.807, 2.05) is 47.4 Å². The van der Waals surface area contributed by atoms with Crippen LogP contribution in [0.25, 0.3) is 0 Å². The van der Waals surface area contributed by atoms with Crippen molar-refractivity contribution >= 4 is 17.3 Å². The summed E-state index contributed by atoms with van der Waals surface area (Å²) in [7, 11) is 1.69. The number of methoxy groups -OCH3 is 1. The van der Waals surface area contributed by atoms with Crippen LogP contribution in [-0.2, 0) is 4.79 Å². The lowest BCUT2D eigenvalue weighted by Crippen LogP contribution is -2.51. The molecule has 3 rings (SSSR count).